The summed E-state index contributed by atoms with van der Waals surface area (Å²) in [5, 5.41) is 0. The van der Waals surface area contributed by atoms with E-state index in [-0.39, 0.29) is 18.5 Å². The Morgan fingerprint density at radius 3 is 2.90 bits per heavy atom. The van der Waals surface area contributed by atoms with Gasteiger partial charge >= 0.3 is 5.97 Å². The van der Waals surface area contributed by atoms with Crippen molar-refractivity contribution in [1.82, 2.24) is 4.98 Å². The molecule has 0 bridgehead atoms. The van der Waals surface area contributed by atoms with E-state index >= 15 is 0 Å². The molecule has 0 saturated carbocycles. The maximum absolute atomic E-state index is 12.0. The molecule has 0 aliphatic heterocycles. The summed E-state index contributed by atoms with van der Waals surface area (Å²) < 4.78 is 6.15. The van der Waals surface area contributed by atoms with Crippen molar-refractivity contribution in [3.8, 4) is 0 Å². The van der Waals surface area contributed by atoms with Gasteiger partial charge in [0.05, 0.1) is 5.92 Å². The van der Waals surface area contributed by atoms with Crippen molar-refractivity contribution < 1.29 is 9.53 Å². The normalized spacial score (nSPS) is 11.9. The van der Waals surface area contributed by atoms with E-state index in [4.69, 9.17) is 10.5 Å². The monoisotopic (exact) mass is 334 g/mol. The summed E-state index contributed by atoms with van der Waals surface area (Å²) in [6.45, 7) is 2.01. The Morgan fingerprint density at radius 1 is 1.40 bits per heavy atom. The molecular weight excluding hydrogens is 320 g/mol. The van der Waals surface area contributed by atoms with Gasteiger partial charge in [-0.1, -0.05) is 12.1 Å². The molecule has 104 valence electrons. The summed E-state index contributed by atoms with van der Waals surface area (Å²) >= 11 is 3.33. The second-order valence-corrected chi connectivity index (χ2v) is 5.43. The van der Waals surface area contributed by atoms with Crippen LogP contribution < -0.4 is 5.73 Å². The molecule has 0 aliphatic carbocycles. The minimum atomic E-state index is -0.349. The highest BCUT2D eigenvalue weighted by atomic mass is 79.9. The maximum Gasteiger partial charge on any atom is 0.313 e. The number of halogens is 1. The highest BCUT2D eigenvalue weighted by Gasteiger charge is 2.17. The van der Waals surface area contributed by atoms with E-state index in [2.05, 4.69) is 20.9 Å². The zero-order valence-electron chi connectivity index (χ0n) is 11.0. The second-order valence-electron chi connectivity index (χ2n) is 4.51. The first-order valence-corrected chi connectivity index (χ1v) is 6.97. The number of nitrogen functional groups attached to an aromatic ring is 1. The van der Waals surface area contributed by atoms with Gasteiger partial charge in [-0.15, -0.1) is 0 Å². The Labute approximate surface area is 126 Å². The molecule has 4 nitrogen and oxygen atoms in total. The maximum atomic E-state index is 12.0. The van der Waals surface area contributed by atoms with Crippen LogP contribution in [0.4, 0.5) is 5.69 Å². The van der Waals surface area contributed by atoms with E-state index in [0.29, 0.717) is 5.69 Å². The highest BCUT2D eigenvalue weighted by Crippen LogP contribution is 2.20. The molecule has 0 amide bonds. The fraction of sp³-hybridized carbons (Fsp3) is 0.200. The van der Waals surface area contributed by atoms with Gasteiger partial charge in [-0.3, -0.25) is 9.78 Å². The van der Waals surface area contributed by atoms with Crippen LogP contribution in [0.3, 0.4) is 0 Å². The number of nitrogens with two attached hydrogens (primary N) is 1. The molecule has 1 atom stereocenters. The summed E-state index contributed by atoms with van der Waals surface area (Å²) in [6, 6.07) is 9.13. The van der Waals surface area contributed by atoms with Crippen molar-refractivity contribution in [2.75, 3.05) is 5.73 Å². The van der Waals surface area contributed by atoms with Crippen LogP contribution in [0.25, 0.3) is 0 Å². The van der Waals surface area contributed by atoms with E-state index in [1.807, 2.05) is 18.2 Å². The van der Waals surface area contributed by atoms with Crippen LogP contribution in [0, 0.1) is 0 Å². The van der Waals surface area contributed by atoms with Crippen LogP contribution in [0.5, 0.6) is 0 Å². The van der Waals surface area contributed by atoms with Crippen LogP contribution in [0.15, 0.2) is 47.2 Å². The molecule has 1 heterocycles. The highest BCUT2D eigenvalue weighted by molar-refractivity contribution is 9.10. The molecule has 0 saturated heterocycles. The van der Waals surface area contributed by atoms with Gasteiger partial charge in [-0.2, -0.15) is 0 Å². The standard InChI is InChI=1S/C15H15BrN2O2/c1-10(12-3-2-4-14(17)6-12)15(19)20-9-11-5-13(16)8-18-7-11/h2-8,10H,9,17H2,1H3. The predicted octanol–water partition coefficient (Wildman–Crippen LogP) is 3.27. The number of pyridine rings is 1. The first-order chi connectivity index (χ1) is 9.56. The number of aromatic nitrogens is 1. The average Bonchev–Trinajstić information content (AvgIpc) is 2.44. The molecular formula is C15H15BrN2O2. The summed E-state index contributed by atoms with van der Waals surface area (Å²) in [4.78, 5) is 16.0. The molecule has 5 heteroatoms. The van der Waals surface area contributed by atoms with E-state index in [1.165, 1.54) is 0 Å². The van der Waals surface area contributed by atoms with Gasteiger partial charge in [0.2, 0.25) is 0 Å². The fourth-order valence-corrected chi connectivity index (χ4v) is 2.19. The Morgan fingerprint density at radius 2 is 2.20 bits per heavy atom. The summed E-state index contributed by atoms with van der Waals surface area (Å²) in [5.74, 6) is -0.630. The van der Waals surface area contributed by atoms with Gasteiger partial charge in [0.25, 0.3) is 0 Å². The molecule has 0 aliphatic rings. The van der Waals surface area contributed by atoms with Crippen molar-refractivity contribution in [3.05, 3.63) is 58.3 Å². The van der Waals surface area contributed by atoms with Crippen molar-refractivity contribution in [1.29, 1.82) is 0 Å². The number of benzene rings is 1. The third-order valence-electron chi connectivity index (χ3n) is 2.91. The van der Waals surface area contributed by atoms with Crippen LogP contribution in [0.1, 0.15) is 24.0 Å². The predicted molar refractivity (Wildman–Crippen MR) is 81.0 cm³/mol. The number of hydrogen-bond donors (Lipinski definition) is 1. The van der Waals surface area contributed by atoms with E-state index < -0.39 is 0 Å². The van der Waals surface area contributed by atoms with Crippen LogP contribution in [-0.4, -0.2) is 11.0 Å². The topological polar surface area (TPSA) is 65.2 Å². The lowest BCUT2D eigenvalue weighted by atomic mass is 10.0. The molecule has 20 heavy (non-hydrogen) atoms. The Kier molecular flexibility index (Phi) is 4.74. The number of nitrogens with zero attached hydrogens (tertiary/aromatic N) is 1. The van der Waals surface area contributed by atoms with Crippen molar-refractivity contribution >= 4 is 27.6 Å². The van der Waals surface area contributed by atoms with Crippen LogP contribution in [-0.2, 0) is 16.1 Å². The Hall–Kier alpha value is -1.88. The smallest absolute Gasteiger partial charge is 0.313 e. The van der Waals surface area contributed by atoms with Gasteiger partial charge in [-0.25, -0.2) is 0 Å². The number of carbonyl (C=O) groups excluding carboxylic acids is 1. The third-order valence-corrected chi connectivity index (χ3v) is 3.34. The molecule has 1 aromatic carbocycles. The van der Waals surface area contributed by atoms with Crippen molar-refractivity contribution in [2.24, 2.45) is 0 Å². The first-order valence-electron chi connectivity index (χ1n) is 6.18. The zero-order valence-corrected chi connectivity index (χ0v) is 12.6. The summed E-state index contributed by atoms with van der Waals surface area (Å²) in [5.41, 5.74) is 8.04. The lowest BCUT2D eigenvalue weighted by Gasteiger charge is -2.12. The fourth-order valence-electron chi connectivity index (χ4n) is 1.78. The van der Waals surface area contributed by atoms with Crippen LogP contribution >= 0.6 is 15.9 Å². The quantitative estimate of drug-likeness (QED) is 0.688. The molecule has 1 aromatic heterocycles. The number of rotatable bonds is 4. The molecule has 0 radical (unpaired) electrons. The Bertz CT molecular complexity index is 616. The molecule has 2 N–H and O–H groups in total. The minimum Gasteiger partial charge on any atom is -0.460 e. The number of esters is 1. The molecule has 0 fully saturated rings. The average molecular weight is 335 g/mol. The van der Waals surface area contributed by atoms with E-state index in [1.54, 1.807) is 31.5 Å². The second kappa shape index (κ2) is 6.52. The lowest BCUT2D eigenvalue weighted by molar-refractivity contribution is -0.146. The number of ether oxygens (including phenoxy) is 1. The molecule has 0 spiro atoms. The minimum absolute atomic E-state index is 0.206. The molecule has 2 aromatic rings. The SMILES string of the molecule is CC(C(=O)OCc1cncc(Br)c1)c1cccc(N)c1. The largest absolute Gasteiger partial charge is 0.460 e. The summed E-state index contributed by atoms with van der Waals surface area (Å²) in [7, 11) is 0. The lowest BCUT2D eigenvalue weighted by Crippen LogP contribution is -2.13. The van der Waals surface area contributed by atoms with Crippen molar-refractivity contribution in [2.45, 2.75) is 19.4 Å². The van der Waals surface area contributed by atoms with Gasteiger partial charge in [0.15, 0.2) is 0 Å². The van der Waals surface area contributed by atoms with E-state index in [0.717, 1.165) is 15.6 Å². The Balaban J connectivity index is 1.98. The van der Waals surface area contributed by atoms with Crippen LogP contribution in [0.2, 0.25) is 0 Å². The number of anilines is 1. The van der Waals surface area contributed by atoms with Gasteiger partial charge in [0.1, 0.15) is 6.61 Å². The molecule has 1 unspecified atom stereocenters. The van der Waals surface area contributed by atoms with Gasteiger partial charge in [0, 0.05) is 28.1 Å². The first kappa shape index (κ1) is 14.5. The molecule has 2 rings (SSSR count). The van der Waals surface area contributed by atoms with Crippen molar-refractivity contribution in [3.63, 3.8) is 0 Å². The van der Waals surface area contributed by atoms with E-state index in [9.17, 15) is 4.79 Å². The van der Waals surface area contributed by atoms with Gasteiger partial charge in [-0.05, 0) is 46.6 Å². The number of hydrogen-bond acceptors (Lipinski definition) is 4. The van der Waals surface area contributed by atoms with Gasteiger partial charge < -0.3 is 10.5 Å². The summed E-state index contributed by atoms with van der Waals surface area (Å²) in [6.07, 6.45) is 3.35. The number of carbonyl (C=O) groups is 1. The zero-order chi connectivity index (χ0) is 14.5. The third kappa shape index (κ3) is 3.81.